The van der Waals surface area contributed by atoms with Crippen LogP contribution in [0.5, 0.6) is 0 Å². The van der Waals surface area contributed by atoms with E-state index in [1.54, 1.807) is 35.6 Å². The maximum Gasteiger partial charge on any atom is 0.242 e. The quantitative estimate of drug-likeness (QED) is 0.661. The molecule has 114 valence electrons. The molecule has 2 aromatic heterocycles. The van der Waals surface area contributed by atoms with Gasteiger partial charge in [-0.3, -0.25) is 0 Å². The van der Waals surface area contributed by atoms with E-state index in [9.17, 15) is 8.42 Å². The molecule has 22 heavy (non-hydrogen) atoms. The largest absolute Gasteiger partial charge is 0.242 e. The molecule has 0 bridgehead atoms. The molecule has 0 fully saturated rings. The van der Waals surface area contributed by atoms with Gasteiger partial charge in [0.05, 0.1) is 10.9 Å². The molecule has 0 aliphatic heterocycles. The molecule has 1 unspecified atom stereocenters. The van der Waals surface area contributed by atoms with E-state index in [4.69, 9.17) is 0 Å². The van der Waals surface area contributed by atoms with Gasteiger partial charge in [0.1, 0.15) is 0 Å². The molecule has 1 atom stereocenters. The third-order valence-electron chi connectivity index (χ3n) is 3.10. The number of sulfonamides is 1. The Morgan fingerprint density at radius 2 is 1.86 bits per heavy atom. The second-order valence-corrected chi connectivity index (χ2v) is 8.85. The number of rotatable bonds is 5. The smallest absolute Gasteiger partial charge is 0.207 e. The first-order valence-corrected chi connectivity index (χ1v) is 10.5. The molecular formula is C15H12BrNO2S3. The monoisotopic (exact) mass is 413 g/mol. The van der Waals surface area contributed by atoms with Gasteiger partial charge in [0.2, 0.25) is 10.0 Å². The minimum Gasteiger partial charge on any atom is -0.207 e. The Bertz CT molecular complexity index is 809. The van der Waals surface area contributed by atoms with Crippen molar-refractivity contribution in [1.82, 2.24) is 4.72 Å². The fourth-order valence-electron chi connectivity index (χ4n) is 2.07. The molecule has 0 spiro atoms. The van der Waals surface area contributed by atoms with Crippen molar-refractivity contribution in [3.05, 3.63) is 73.5 Å². The number of hydrogen-bond donors (Lipinski definition) is 1. The van der Waals surface area contributed by atoms with Gasteiger partial charge in [-0.25, -0.2) is 8.42 Å². The van der Waals surface area contributed by atoms with E-state index in [2.05, 4.69) is 20.7 Å². The summed E-state index contributed by atoms with van der Waals surface area (Å²) in [7, 11) is -3.63. The van der Waals surface area contributed by atoms with Crippen LogP contribution in [0.4, 0.5) is 0 Å². The zero-order valence-corrected chi connectivity index (χ0v) is 15.3. The molecule has 0 saturated heterocycles. The molecule has 3 rings (SSSR count). The van der Waals surface area contributed by atoms with Crippen LogP contribution >= 0.6 is 38.6 Å². The average Bonchev–Trinajstić information content (AvgIpc) is 3.19. The van der Waals surface area contributed by atoms with Crippen LogP contribution in [-0.2, 0) is 10.0 Å². The highest BCUT2D eigenvalue weighted by molar-refractivity contribution is 9.10. The van der Waals surface area contributed by atoms with Gasteiger partial charge in [-0.05, 0) is 61.9 Å². The lowest BCUT2D eigenvalue weighted by Gasteiger charge is -2.17. The van der Waals surface area contributed by atoms with Crippen molar-refractivity contribution >= 4 is 48.6 Å². The minimum atomic E-state index is -3.63. The molecule has 0 amide bonds. The van der Waals surface area contributed by atoms with Crippen molar-refractivity contribution in [1.29, 1.82) is 0 Å². The molecule has 1 N–H and O–H groups in total. The van der Waals surface area contributed by atoms with E-state index >= 15 is 0 Å². The zero-order valence-electron chi connectivity index (χ0n) is 11.3. The summed E-state index contributed by atoms with van der Waals surface area (Å²) in [5.41, 5.74) is 0.947. The predicted octanol–water partition coefficient (Wildman–Crippen LogP) is 4.64. The summed E-state index contributed by atoms with van der Waals surface area (Å²) < 4.78 is 28.8. The lowest BCUT2D eigenvalue weighted by Crippen LogP contribution is -2.29. The van der Waals surface area contributed by atoms with E-state index in [0.717, 1.165) is 10.4 Å². The van der Waals surface area contributed by atoms with Gasteiger partial charge in [-0.1, -0.05) is 18.2 Å². The van der Waals surface area contributed by atoms with Crippen LogP contribution in [0.2, 0.25) is 0 Å². The SMILES string of the molecule is O=S(=O)(NC(c1ccsc1)c1cccs1)c1ccccc1Br. The third-order valence-corrected chi connectivity index (χ3v) is 7.18. The van der Waals surface area contributed by atoms with Crippen molar-refractivity contribution in [3.8, 4) is 0 Å². The molecule has 7 heteroatoms. The van der Waals surface area contributed by atoms with Crippen LogP contribution in [0.1, 0.15) is 16.5 Å². The maximum atomic E-state index is 12.7. The first kappa shape index (κ1) is 15.9. The highest BCUT2D eigenvalue weighted by Crippen LogP contribution is 2.30. The Labute approximate surface area is 145 Å². The Morgan fingerprint density at radius 1 is 1.05 bits per heavy atom. The molecule has 3 nitrogen and oxygen atoms in total. The van der Waals surface area contributed by atoms with Gasteiger partial charge >= 0.3 is 0 Å². The number of hydrogen-bond acceptors (Lipinski definition) is 4. The van der Waals surface area contributed by atoms with Crippen LogP contribution in [0.25, 0.3) is 0 Å². The summed E-state index contributed by atoms with van der Waals surface area (Å²) in [6.45, 7) is 0. The average molecular weight is 414 g/mol. The van der Waals surface area contributed by atoms with Gasteiger partial charge in [0, 0.05) is 9.35 Å². The van der Waals surface area contributed by atoms with E-state index < -0.39 is 10.0 Å². The first-order valence-electron chi connectivity index (χ1n) is 6.40. The van der Waals surface area contributed by atoms with Crippen LogP contribution in [0.3, 0.4) is 0 Å². The Morgan fingerprint density at radius 3 is 2.50 bits per heavy atom. The van der Waals surface area contributed by atoms with Gasteiger partial charge in [0.25, 0.3) is 0 Å². The molecule has 2 heterocycles. The maximum absolute atomic E-state index is 12.7. The van der Waals surface area contributed by atoms with Crippen molar-refractivity contribution in [2.75, 3.05) is 0 Å². The van der Waals surface area contributed by atoms with E-state index in [1.165, 1.54) is 11.3 Å². The highest BCUT2D eigenvalue weighted by atomic mass is 79.9. The second kappa shape index (κ2) is 6.64. The van der Waals surface area contributed by atoms with Crippen molar-refractivity contribution < 1.29 is 8.42 Å². The van der Waals surface area contributed by atoms with E-state index in [1.807, 2.05) is 34.3 Å². The van der Waals surface area contributed by atoms with Gasteiger partial charge in [-0.15, -0.1) is 11.3 Å². The summed E-state index contributed by atoms with van der Waals surface area (Å²) in [5, 5.41) is 5.86. The molecular weight excluding hydrogens is 402 g/mol. The Kier molecular flexibility index (Phi) is 4.79. The van der Waals surface area contributed by atoms with Crippen LogP contribution < -0.4 is 4.72 Å². The summed E-state index contributed by atoms with van der Waals surface area (Å²) in [6, 6.07) is 12.2. The van der Waals surface area contributed by atoms with E-state index in [-0.39, 0.29) is 10.9 Å². The molecule has 0 aliphatic carbocycles. The van der Waals surface area contributed by atoms with Crippen molar-refractivity contribution in [3.63, 3.8) is 0 Å². The summed E-state index contributed by atoms with van der Waals surface area (Å²) in [6.07, 6.45) is 0. The molecule has 0 saturated carbocycles. The fourth-order valence-corrected chi connectivity index (χ4v) is 5.84. The number of nitrogens with one attached hydrogen (secondary N) is 1. The predicted molar refractivity (Wildman–Crippen MR) is 94.9 cm³/mol. The lowest BCUT2D eigenvalue weighted by atomic mass is 10.1. The summed E-state index contributed by atoms with van der Waals surface area (Å²) in [5.74, 6) is 0. The third kappa shape index (κ3) is 3.33. The summed E-state index contributed by atoms with van der Waals surface area (Å²) in [4.78, 5) is 1.21. The molecule has 0 radical (unpaired) electrons. The van der Waals surface area contributed by atoms with Gasteiger partial charge in [-0.2, -0.15) is 16.1 Å². The zero-order chi connectivity index (χ0) is 15.6. The first-order chi connectivity index (χ1) is 10.6. The van der Waals surface area contributed by atoms with Crippen molar-refractivity contribution in [2.45, 2.75) is 10.9 Å². The van der Waals surface area contributed by atoms with Crippen LogP contribution in [0, 0.1) is 0 Å². The lowest BCUT2D eigenvalue weighted by molar-refractivity contribution is 0.573. The highest BCUT2D eigenvalue weighted by Gasteiger charge is 2.25. The fraction of sp³-hybridized carbons (Fsp3) is 0.0667. The number of benzene rings is 1. The van der Waals surface area contributed by atoms with Crippen LogP contribution in [-0.4, -0.2) is 8.42 Å². The van der Waals surface area contributed by atoms with Gasteiger partial charge < -0.3 is 0 Å². The van der Waals surface area contributed by atoms with Crippen LogP contribution in [0.15, 0.2) is 68.0 Å². The topological polar surface area (TPSA) is 46.2 Å². The Hall–Kier alpha value is -0.990. The van der Waals surface area contributed by atoms with E-state index in [0.29, 0.717) is 4.47 Å². The molecule has 3 aromatic rings. The van der Waals surface area contributed by atoms with Gasteiger partial charge in [0.15, 0.2) is 0 Å². The second-order valence-electron chi connectivity index (χ2n) is 4.56. The number of thiophene rings is 2. The molecule has 1 aromatic carbocycles. The number of halogens is 1. The summed E-state index contributed by atoms with van der Waals surface area (Å²) >= 11 is 6.39. The minimum absolute atomic E-state index is 0.242. The van der Waals surface area contributed by atoms with Crippen molar-refractivity contribution in [2.24, 2.45) is 0 Å². The molecule has 0 aliphatic rings. The Balaban J connectivity index is 1.99. The normalized spacial score (nSPS) is 13.1. The standard InChI is InChI=1S/C15H12BrNO2S3/c16-12-4-1-2-6-14(12)22(18,19)17-15(11-7-9-20-10-11)13-5-3-8-21-13/h1-10,15,17H.